The number of hydrogen-bond acceptors (Lipinski definition) is 3. The molecule has 0 aliphatic carbocycles. The summed E-state index contributed by atoms with van der Waals surface area (Å²) in [6.45, 7) is 3.31. The van der Waals surface area contributed by atoms with E-state index in [0.717, 1.165) is 5.33 Å². The van der Waals surface area contributed by atoms with Crippen LogP contribution in [0.3, 0.4) is 0 Å². The van der Waals surface area contributed by atoms with Gasteiger partial charge in [0.05, 0.1) is 18.9 Å². The van der Waals surface area contributed by atoms with Gasteiger partial charge < -0.3 is 9.64 Å². The molecule has 0 radical (unpaired) electrons. The molecule has 88 valence electrons. The van der Waals surface area contributed by atoms with E-state index in [9.17, 15) is 4.79 Å². The molecule has 0 N–H and O–H groups in total. The van der Waals surface area contributed by atoms with Gasteiger partial charge in [-0.15, -0.1) is 0 Å². The molecule has 0 fully saturated rings. The first-order chi connectivity index (χ1) is 7.74. The van der Waals surface area contributed by atoms with Crippen LogP contribution >= 0.6 is 15.9 Å². The van der Waals surface area contributed by atoms with Crippen molar-refractivity contribution >= 4 is 21.8 Å². The maximum absolute atomic E-state index is 12.1. The van der Waals surface area contributed by atoms with Crippen molar-refractivity contribution in [2.24, 2.45) is 0 Å². The number of nitrogens with zero attached hydrogens (tertiary/aromatic N) is 2. The van der Waals surface area contributed by atoms with E-state index < -0.39 is 0 Å². The summed E-state index contributed by atoms with van der Waals surface area (Å²) in [5.41, 5.74) is 0.556. The third kappa shape index (κ3) is 2.95. The van der Waals surface area contributed by atoms with Gasteiger partial charge in [-0.05, 0) is 13.0 Å². The van der Waals surface area contributed by atoms with E-state index in [1.807, 2.05) is 6.92 Å². The average molecular weight is 287 g/mol. The number of ether oxygens (including phenoxy) is 1. The monoisotopic (exact) mass is 286 g/mol. The summed E-state index contributed by atoms with van der Waals surface area (Å²) >= 11 is 3.33. The second-order valence-corrected chi connectivity index (χ2v) is 3.94. The van der Waals surface area contributed by atoms with Crippen LogP contribution in [0.15, 0.2) is 18.5 Å². The number of pyridine rings is 1. The summed E-state index contributed by atoms with van der Waals surface area (Å²) in [6.07, 6.45) is 3.15. The predicted molar refractivity (Wildman–Crippen MR) is 66.2 cm³/mol. The van der Waals surface area contributed by atoms with Gasteiger partial charge in [-0.25, -0.2) is 0 Å². The Hall–Kier alpha value is -1.10. The van der Waals surface area contributed by atoms with Gasteiger partial charge in [-0.1, -0.05) is 15.9 Å². The number of aromatic nitrogens is 1. The van der Waals surface area contributed by atoms with Gasteiger partial charge in [0.2, 0.25) is 0 Å². The van der Waals surface area contributed by atoms with E-state index in [2.05, 4.69) is 20.9 Å². The van der Waals surface area contributed by atoms with Crippen molar-refractivity contribution < 1.29 is 9.53 Å². The van der Waals surface area contributed by atoms with Crippen molar-refractivity contribution in [2.75, 3.05) is 25.5 Å². The molecular formula is C11H15BrN2O2. The first-order valence-electron chi connectivity index (χ1n) is 5.07. The molecule has 0 aromatic carbocycles. The molecule has 0 atom stereocenters. The molecule has 1 aromatic rings. The van der Waals surface area contributed by atoms with Crippen molar-refractivity contribution in [3.63, 3.8) is 0 Å². The first-order valence-corrected chi connectivity index (χ1v) is 6.20. The van der Waals surface area contributed by atoms with Crippen molar-refractivity contribution in [3.05, 3.63) is 24.0 Å². The van der Waals surface area contributed by atoms with Crippen LogP contribution in [0, 0.1) is 0 Å². The Labute approximate surface area is 104 Å². The molecule has 1 rings (SSSR count). The van der Waals surface area contributed by atoms with Crippen LogP contribution in [0.2, 0.25) is 0 Å². The minimum Gasteiger partial charge on any atom is -0.494 e. The van der Waals surface area contributed by atoms with Gasteiger partial charge in [0, 0.05) is 24.6 Å². The molecule has 0 spiro atoms. The van der Waals surface area contributed by atoms with E-state index in [0.29, 0.717) is 24.4 Å². The Balaban J connectivity index is 2.93. The molecule has 0 saturated heterocycles. The molecule has 0 aliphatic heterocycles. The fourth-order valence-corrected chi connectivity index (χ4v) is 1.82. The summed E-state index contributed by atoms with van der Waals surface area (Å²) in [4.78, 5) is 17.8. The van der Waals surface area contributed by atoms with Crippen LogP contribution < -0.4 is 4.74 Å². The van der Waals surface area contributed by atoms with Gasteiger partial charge in [-0.3, -0.25) is 9.78 Å². The molecule has 1 amide bonds. The van der Waals surface area contributed by atoms with E-state index >= 15 is 0 Å². The third-order valence-corrected chi connectivity index (χ3v) is 2.61. The molecule has 0 unspecified atom stereocenters. The number of hydrogen-bond donors (Lipinski definition) is 0. The Morgan fingerprint density at radius 2 is 2.38 bits per heavy atom. The van der Waals surface area contributed by atoms with Crippen LogP contribution in [0.4, 0.5) is 0 Å². The minimum absolute atomic E-state index is 0.0267. The lowest BCUT2D eigenvalue weighted by molar-refractivity contribution is 0.0771. The smallest absolute Gasteiger partial charge is 0.257 e. The molecule has 16 heavy (non-hydrogen) atoms. The second kappa shape index (κ2) is 6.48. The summed E-state index contributed by atoms with van der Waals surface area (Å²) in [6, 6.07) is 1.68. The summed E-state index contributed by atoms with van der Waals surface area (Å²) in [5.74, 6) is 0.488. The highest BCUT2D eigenvalue weighted by atomic mass is 79.9. The van der Waals surface area contributed by atoms with Crippen LogP contribution in [0.1, 0.15) is 17.3 Å². The summed E-state index contributed by atoms with van der Waals surface area (Å²) in [5, 5.41) is 0.764. The van der Waals surface area contributed by atoms with E-state index in [1.54, 1.807) is 23.4 Å². The Morgan fingerprint density at radius 1 is 1.62 bits per heavy atom. The zero-order valence-corrected chi connectivity index (χ0v) is 11.0. The fraction of sp³-hybridized carbons (Fsp3) is 0.455. The third-order valence-electron chi connectivity index (χ3n) is 2.26. The summed E-state index contributed by atoms with van der Waals surface area (Å²) in [7, 11) is 1.54. The van der Waals surface area contributed by atoms with Gasteiger partial charge in [0.1, 0.15) is 5.75 Å². The maximum Gasteiger partial charge on any atom is 0.257 e. The fourth-order valence-electron chi connectivity index (χ4n) is 1.39. The van der Waals surface area contributed by atoms with Crippen LogP contribution in [0.5, 0.6) is 5.75 Å². The van der Waals surface area contributed by atoms with Gasteiger partial charge in [0.15, 0.2) is 0 Å². The number of rotatable bonds is 5. The average Bonchev–Trinajstić information content (AvgIpc) is 2.35. The number of halogens is 1. The number of amides is 1. The number of carbonyl (C=O) groups excluding carboxylic acids is 1. The summed E-state index contributed by atoms with van der Waals surface area (Å²) < 4.78 is 5.12. The van der Waals surface area contributed by atoms with Crippen LogP contribution in [-0.4, -0.2) is 41.3 Å². The van der Waals surface area contributed by atoms with Crippen LogP contribution in [0.25, 0.3) is 0 Å². The highest BCUT2D eigenvalue weighted by Gasteiger charge is 2.17. The normalized spacial score (nSPS) is 9.94. The molecule has 1 aromatic heterocycles. The minimum atomic E-state index is -0.0267. The molecule has 5 heteroatoms. The molecule has 1 heterocycles. The topological polar surface area (TPSA) is 42.4 Å². The Kier molecular flexibility index (Phi) is 5.25. The van der Waals surface area contributed by atoms with Crippen molar-refractivity contribution in [3.8, 4) is 5.75 Å². The quantitative estimate of drug-likeness (QED) is 0.777. The molecule has 0 aliphatic rings. The van der Waals surface area contributed by atoms with E-state index in [1.165, 1.54) is 7.11 Å². The van der Waals surface area contributed by atoms with Gasteiger partial charge in [0.25, 0.3) is 5.91 Å². The second-order valence-electron chi connectivity index (χ2n) is 3.15. The van der Waals surface area contributed by atoms with Crippen molar-refractivity contribution in [2.45, 2.75) is 6.92 Å². The molecular weight excluding hydrogens is 272 g/mol. The number of methoxy groups -OCH3 is 1. The number of carbonyl (C=O) groups is 1. The van der Waals surface area contributed by atoms with Crippen LogP contribution in [-0.2, 0) is 0 Å². The van der Waals surface area contributed by atoms with Crippen molar-refractivity contribution in [1.29, 1.82) is 0 Å². The molecule has 0 saturated carbocycles. The number of alkyl halides is 1. The standard InChI is InChI=1S/C11H15BrN2O2/c1-3-14(7-5-12)11(15)9-4-6-13-8-10(9)16-2/h4,6,8H,3,5,7H2,1-2H3. The Bertz CT molecular complexity index is 358. The highest BCUT2D eigenvalue weighted by molar-refractivity contribution is 9.09. The molecule has 4 nitrogen and oxygen atoms in total. The van der Waals surface area contributed by atoms with Crippen molar-refractivity contribution in [1.82, 2.24) is 9.88 Å². The maximum atomic E-state index is 12.1. The Morgan fingerprint density at radius 3 is 2.94 bits per heavy atom. The lowest BCUT2D eigenvalue weighted by Crippen LogP contribution is -2.32. The highest BCUT2D eigenvalue weighted by Crippen LogP contribution is 2.17. The zero-order chi connectivity index (χ0) is 12.0. The SMILES string of the molecule is CCN(CCBr)C(=O)c1ccncc1OC. The zero-order valence-electron chi connectivity index (χ0n) is 9.44. The van der Waals surface area contributed by atoms with Gasteiger partial charge >= 0.3 is 0 Å². The molecule has 0 bridgehead atoms. The predicted octanol–water partition coefficient (Wildman–Crippen LogP) is 1.95. The lowest BCUT2D eigenvalue weighted by atomic mass is 10.2. The first kappa shape index (κ1) is 13.0. The van der Waals surface area contributed by atoms with E-state index in [4.69, 9.17) is 4.74 Å². The lowest BCUT2D eigenvalue weighted by Gasteiger charge is -2.20. The van der Waals surface area contributed by atoms with E-state index in [-0.39, 0.29) is 5.91 Å². The van der Waals surface area contributed by atoms with Gasteiger partial charge in [-0.2, -0.15) is 0 Å². The largest absolute Gasteiger partial charge is 0.494 e.